The molecule has 28 heavy (non-hydrogen) atoms. The molecular weight excluding hydrogens is 374 g/mol. The van der Waals surface area contributed by atoms with E-state index in [2.05, 4.69) is 15.1 Å². The summed E-state index contributed by atoms with van der Waals surface area (Å²) in [6.45, 7) is 1.39. The highest BCUT2D eigenvalue weighted by atomic mass is 32.1. The van der Waals surface area contributed by atoms with E-state index in [4.69, 9.17) is 9.51 Å². The van der Waals surface area contributed by atoms with Crippen molar-refractivity contribution in [2.24, 2.45) is 5.92 Å². The van der Waals surface area contributed by atoms with Crippen LogP contribution in [0.2, 0.25) is 0 Å². The number of carbonyl (C=O) groups excluding carboxylic acids is 1. The zero-order valence-corrected chi connectivity index (χ0v) is 16.3. The summed E-state index contributed by atoms with van der Waals surface area (Å²) in [5.41, 5.74) is 2.95. The number of rotatable bonds is 5. The maximum atomic E-state index is 12.6. The molecule has 1 saturated carbocycles. The lowest BCUT2D eigenvalue weighted by Crippen LogP contribution is -2.46. The Hall–Kier alpha value is -2.61. The van der Waals surface area contributed by atoms with Gasteiger partial charge in [0.05, 0.1) is 11.1 Å². The third kappa shape index (κ3) is 3.32. The first-order valence-corrected chi connectivity index (χ1v) is 10.6. The van der Waals surface area contributed by atoms with E-state index < -0.39 is 0 Å². The van der Waals surface area contributed by atoms with Crippen LogP contribution in [0.3, 0.4) is 0 Å². The average molecular weight is 395 g/mol. The summed E-state index contributed by atoms with van der Waals surface area (Å²) in [5, 5.41) is 6.17. The van der Waals surface area contributed by atoms with Crippen LogP contribution in [-0.2, 0) is 5.41 Å². The molecule has 4 heterocycles. The minimum atomic E-state index is -0.121. The average Bonchev–Trinajstić information content (AvgIpc) is 3.21. The minimum Gasteiger partial charge on any atom is -0.337 e. The van der Waals surface area contributed by atoms with Crippen molar-refractivity contribution in [2.75, 3.05) is 13.1 Å². The number of carbonyl (C=O) groups is 1. The molecule has 0 N–H and O–H groups in total. The maximum absolute atomic E-state index is 12.6. The molecule has 3 aromatic rings. The summed E-state index contributed by atoms with van der Waals surface area (Å²) in [5.74, 6) is 2.05. The highest BCUT2D eigenvalue weighted by Crippen LogP contribution is 2.46. The van der Waals surface area contributed by atoms with Crippen molar-refractivity contribution < 1.29 is 9.32 Å². The fourth-order valence-corrected chi connectivity index (χ4v) is 4.58. The van der Waals surface area contributed by atoms with Crippen molar-refractivity contribution in [3.8, 4) is 11.5 Å². The molecule has 0 unspecified atom stereocenters. The van der Waals surface area contributed by atoms with Crippen molar-refractivity contribution in [3.63, 3.8) is 0 Å². The number of aromatic nitrogens is 4. The van der Waals surface area contributed by atoms with Gasteiger partial charge in [0.15, 0.2) is 5.82 Å². The van der Waals surface area contributed by atoms with Gasteiger partial charge in [0.1, 0.15) is 5.69 Å². The molecule has 3 aromatic heterocycles. The Labute approximate surface area is 166 Å². The second-order valence-electron chi connectivity index (χ2n) is 7.76. The zero-order valence-electron chi connectivity index (χ0n) is 15.5. The third-order valence-corrected chi connectivity index (χ3v) is 6.43. The van der Waals surface area contributed by atoms with Gasteiger partial charge in [-0.15, -0.1) is 11.3 Å². The van der Waals surface area contributed by atoms with E-state index in [9.17, 15) is 4.79 Å². The van der Waals surface area contributed by atoms with Gasteiger partial charge in [0, 0.05) is 36.3 Å². The van der Waals surface area contributed by atoms with Crippen LogP contribution in [0.15, 0.2) is 39.9 Å². The van der Waals surface area contributed by atoms with Crippen molar-refractivity contribution in [2.45, 2.75) is 37.5 Å². The van der Waals surface area contributed by atoms with Crippen LogP contribution >= 0.6 is 11.3 Å². The second kappa shape index (κ2) is 7.09. The van der Waals surface area contributed by atoms with Crippen LogP contribution in [-0.4, -0.2) is 44.0 Å². The highest BCUT2D eigenvalue weighted by molar-refractivity contribution is 7.07. The van der Waals surface area contributed by atoms with Crippen molar-refractivity contribution in [3.05, 3.63) is 46.9 Å². The van der Waals surface area contributed by atoms with Crippen LogP contribution in [0.5, 0.6) is 0 Å². The number of piperidine rings is 1. The van der Waals surface area contributed by atoms with Crippen LogP contribution in [0.4, 0.5) is 0 Å². The Bertz CT molecular complexity index is 944. The van der Waals surface area contributed by atoms with Crippen LogP contribution in [0.1, 0.15) is 48.4 Å². The van der Waals surface area contributed by atoms with Crippen LogP contribution in [0.25, 0.3) is 11.5 Å². The molecule has 0 spiro atoms. The smallest absolute Gasteiger partial charge is 0.273 e. The second-order valence-corrected chi connectivity index (χ2v) is 8.48. The van der Waals surface area contributed by atoms with Crippen LogP contribution < -0.4 is 0 Å². The lowest BCUT2D eigenvalue weighted by atomic mass is 9.73. The summed E-state index contributed by atoms with van der Waals surface area (Å²) in [6, 6.07) is 3.79. The number of thiazole rings is 1. The van der Waals surface area contributed by atoms with E-state index >= 15 is 0 Å². The predicted molar refractivity (Wildman–Crippen MR) is 104 cm³/mol. The third-order valence-electron chi connectivity index (χ3n) is 5.84. The summed E-state index contributed by atoms with van der Waals surface area (Å²) in [7, 11) is 0. The Balaban J connectivity index is 1.37. The number of hydrogen-bond donors (Lipinski definition) is 0. The lowest BCUT2D eigenvalue weighted by molar-refractivity contribution is 0.0640. The summed E-state index contributed by atoms with van der Waals surface area (Å²) in [4.78, 5) is 27.6. The number of nitrogens with zero attached hydrogens (tertiary/aromatic N) is 5. The standard InChI is InChI=1S/C20H21N5O2S/c26-18(16-12-28-13-22-16)25-8-5-20(6-9-25,10-14-3-4-14)19-23-17(27-24-19)15-2-1-7-21-11-15/h1-2,7,11-14H,3-6,8-10H2. The Morgan fingerprint density at radius 2 is 2.18 bits per heavy atom. The van der Waals surface area contributed by atoms with Gasteiger partial charge in [-0.1, -0.05) is 18.0 Å². The molecule has 0 aromatic carbocycles. The highest BCUT2D eigenvalue weighted by Gasteiger charge is 2.45. The molecule has 2 aliphatic rings. The molecule has 0 radical (unpaired) electrons. The quantitative estimate of drug-likeness (QED) is 0.657. The molecule has 1 saturated heterocycles. The number of pyridine rings is 1. The maximum Gasteiger partial charge on any atom is 0.273 e. The van der Waals surface area contributed by atoms with Gasteiger partial charge in [-0.05, 0) is 37.3 Å². The normalized spacial score (nSPS) is 18.9. The topological polar surface area (TPSA) is 85.0 Å². The van der Waals surface area contributed by atoms with Crippen LogP contribution in [0, 0.1) is 5.92 Å². The van der Waals surface area contributed by atoms with Gasteiger partial charge in [-0.2, -0.15) is 4.98 Å². The van der Waals surface area contributed by atoms with E-state index in [0.29, 0.717) is 24.7 Å². The van der Waals surface area contributed by atoms with Gasteiger partial charge in [0.2, 0.25) is 0 Å². The molecule has 0 bridgehead atoms. The van der Waals surface area contributed by atoms with Gasteiger partial charge >= 0.3 is 0 Å². The fraction of sp³-hybridized carbons (Fsp3) is 0.450. The molecule has 1 amide bonds. The van der Waals surface area contributed by atoms with Gasteiger partial charge in [0.25, 0.3) is 11.8 Å². The molecule has 2 fully saturated rings. The lowest BCUT2D eigenvalue weighted by Gasteiger charge is -2.39. The molecule has 1 aliphatic heterocycles. The number of hydrogen-bond acceptors (Lipinski definition) is 7. The van der Waals surface area contributed by atoms with E-state index in [1.54, 1.807) is 17.9 Å². The molecule has 144 valence electrons. The number of likely N-dealkylation sites (tertiary alicyclic amines) is 1. The Morgan fingerprint density at radius 3 is 2.86 bits per heavy atom. The molecule has 5 rings (SSSR count). The summed E-state index contributed by atoms with van der Waals surface area (Å²) >= 11 is 1.45. The fourth-order valence-electron chi connectivity index (χ4n) is 4.06. The van der Waals surface area contributed by atoms with Crippen molar-refractivity contribution in [1.29, 1.82) is 0 Å². The minimum absolute atomic E-state index is 0.0189. The van der Waals surface area contributed by atoms with Gasteiger partial charge in [-0.25, -0.2) is 4.98 Å². The molecular formula is C20H21N5O2S. The zero-order chi connectivity index (χ0) is 19.0. The molecule has 7 nitrogen and oxygen atoms in total. The number of amides is 1. The van der Waals surface area contributed by atoms with E-state index in [1.807, 2.05) is 22.4 Å². The van der Waals surface area contributed by atoms with E-state index in [0.717, 1.165) is 36.6 Å². The first-order valence-electron chi connectivity index (χ1n) is 9.66. The summed E-state index contributed by atoms with van der Waals surface area (Å²) < 4.78 is 5.57. The largest absolute Gasteiger partial charge is 0.337 e. The monoisotopic (exact) mass is 395 g/mol. The first kappa shape index (κ1) is 17.5. The SMILES string of the molecule is O=C(c1cscn1)N1CCC(CC2CC2)(c2noc(-c3cccnc3)n2)CC1. The van der Waals surface area contributed by atoms with Crippen molar-refractivity contribution in [1.82, 2.24) is 25.0 Å². The predicted octanol–water partition coefficient (Wildman–Crippen LogP) is 3.56. The Morgan fingerprint density at radius 1 is 1.32 bits per heavy atom. The molecule has 0 atom stereocenters. The van der Waals surface area contributed by atoms with E-state index in [1.165, 1.54) is 24.2 Å². The van der Waals surface area contributed by atoms with Gasteiger partial charge in [-0.3, -0.25) is 9.78 Å². The summed E-state index contributed by atoms with van der Waals surface area (Å²) in [6.07, 6.45) is 8.78. The first-order chi connectivity index (χ1) is 13.7. The van der Waals surface area contributed by atoms with Gasteiger partial charge < -0.3 is 9.42 Å². The van der Waals surface area contributed by atoms with E-state index in [-0.39, 0.29) is 11.3 Å². The molecule has 1 aliphatic carbocycles. The Kier molecular flexibility index (Phi) is 4.43. The van der Waals surface area contributed by atoms with Crippen molar-refractivity contribution >= 4 is 17.2 Å². The molecule has 8 heteroatoms.